The van der Waals surface area contributed by atoms with Gasteiger partial charge < -0.3 is 14.5 Å². The minimum absolute atomic E-state index is 0.00345. The zero-order valence-corrected chi connectivity index (χ0v) is 11.7. The average molecular weight is 302 g/mol. The second kappa shape index (κ2) is 5.14. The van der Waals surface area contributed by atoms with Crippen LogP contribution in [0.1, 0.15) is 13.3 Å². The van der Waals surface area contributed by atoms with Crippen LogP contribution in [0.25, 0.3) is 0 Å². The largest absolute Gasteiger partial charge is 0.369 e. The number of ether oxygens (including phenoxy) is 1. The Kier molecular flexibility index (Phi) is 3.84. The molecule has 110 valence electrons. The lowest BCUT2D eigenvalue weighted by Crippen LogP contribution is -2.40. The molecule has 0 saturated carbocycles. The molecule has 0 saturated heterocycles. The maximum atomic E-state index is 11.6. The Morgan fingerprint density at radius 3 is 2.80 bits per heavy atom. The van der Waals surface area contributed by atoms with E-state index in [-0.39, 0.29) is 24.9 Å². The van der Waals surface area contributed by atoms with Gasteiger partial charge in [0.2, 0.25) is 0 Å². The number of nitrogens with one attached hydrogen (secondary N) is 1. The van der Waals surface area contributed by atoms with E-state index in [1.54, 1.807) is 6.92 Å². The maximum absolute atomic E-state index is 11.6. The fourth-order valence-electron chi connectivity index (χ4n) is 2.08. The van der Waals surface area contributed by atoms with Crippen molar-refractivity contribution in [3.63, 3.8) is 0 Å². The Morgan fingerprint density at radius 1 is 1.50 bits per heavy atom. The van der Waals surface area contributed by atoms with Crippen molar-refractivity contribution in [3.05, 3.63) is 44.5 Å². The summed E-state index contributed by atoms with van der Waals surface area (Å²) >= 11 is 0. The van der Waals surface area contributed by atoms with Gasteiger partial charge in [0.25, 0.3) is 5.56 Å². The topological polar surface area (TPSA) is 122 Å². The van der Waals surface area contributed by atoms with Gasteiger partial charge in [-0.25, -0.2) is 4.79 Å². The van der Waals surface area contributed by atoms with E-state index in [2.05, 4.69) is 4.98 Å². The van der Waals surface area contributed by atoms with Gasteiger partial charge in [-0.05, 0) is 13.0 Å². The number of H-pyrrole nitrogens is 1. The lowest BCUT2D eigenvalue weighted by atomic mass is 10.0. The lowest BCUT2D eigenvalue weighted by molar-refractivity contribution is -0.0146. The second-order valence-electron chi connectivity index (χ2n) is 4.83. The van der Waals surface area contributed by atoms with Crippen molar-refractivity contribution < 1.29 is 19.1 Å². The molecule has 2 heterocycles. The van der Waals surface area contributed by atoms with E-state index < -0.39 is 24.4 Å². The highest BCUT2D eigenvalue weighted by atomic mass is 31.2. The summed E-state index contributed by atoms with van der Waals surface area (Å²) in [5, 5.41) is 0.00345. The van der Waals surface area contributed by atoms with Gasteiger partial charge in [0, 0.05) is 24.0 Å². The number of hydrogen-bond acceptors (Lipinski definition) is 4. The molecule has 0 amide bonds. The molecule has 0 radical (unpaired) electrons. The molecule has 0 aromatic carbocycles. The van der Waals surface area contributed by atoms with Crippen LogP contribution in [0.4, 0.5) is 0 Å². The Labute approximate surface area is 113 Å². The molecule has 3 N–H and O–H groups in total. The Bertz CT molecular complexity index is 699. The summed E-state index contributed by atoms with van der Waals surface area (Å²) in [6.07, 6.45) is 2.82. The van der Waals surface area contributed by atoms with E-state index in [0.29, 0.717) is 0 Å². The summed E-state index contributed by atoms with van der Waals surface area (Å²) in [5.41, 5.74) is -2.12. The minimum atomic E-state index is -4.31. The molecule has 20 heavy (non-hydrogen) atoms. The number of nitrogens with zero attached hydrogens (tertiary/aromatic N) is 1. The van der Waals surface area contributed by atoms with Crippen molar-refractivity contribution in [1.29, 1.82) is 0 Å². The van der Waals surface area contributed by atoms with Crippen LogP contribution in [-0.2, 0) is 15.8 Å². The van der Waals surface area contributed by atoms with Crippen LogP contribution in [0.2, 0.25) is 0 Å². The Morgan fingerprint density at radius 2 is 2.20 bits per heavy atom. The van der Waals surface area contributed by atoms with Crippen molar-refractivity contribution in [3.8, 4) is 0 Å². The Balaban J connectivity index is 2.34. The highest BCUT2D eigenvalue weighted by molar-refractivity contribution is 7.56. The van der Waals surface area contributed by atoms with E-state index in [4.69, 9.17) is 4.74 Å². The zero-order chi connectivity index (χ0) is 15.0. The first-order valence-corrected chi connectivity index (χ1v) is 7.52. The van der Waals surface area contributed by atoms with Gasteiger partial charge in [0.05, 0.1) is 13.2 Å². The lowest BCUT2D eigenvalue weighted by Gasteiger charge is -2.32. The molecule has 0 fully saturated rings. The SMILES string of the molecule is CC1(Cn2ccc(=O)[nH]c2=O)C=C(P(=O)(O)O)CCO1. The molecule has 0 aliphatic carbocycles. The number of hydrogen-bond donors (Lipinski definition) is 3. The van der Waals surface area contributed by atoms with E-state index >= 15 is 0 Å². The fourth-order valence-corrected chi connectivity index (χ4v) is 2.91. The molecule has 1 aromatic rings. The van der Waals surface area contributed by atoms with Crippen LogP contribution in [0.5, 0.6) is 0 Å². The van der Waals surface area contributed by atoms with Gasteiger partial charge in [-0.1, -0.05) is 0 Å². The monoisotopic (exact) mass is 302 g/mol. The van der Waals surface area contributed by atoms with Crippen LogP contribution < -0.4 is 11.2 Å². The van der Waals surface area contributed by atoms with Crippen LogP contribution in [-0.4, -0.2) is 31.5 Å². The van der Waals surface area contributed by atoms with Gasteiger partial charge in [-0.3, -0.25) is 18.9 Å². The summed E-state index contributed by atoms with van der Waals surface area (Å²) < 4.78 is 18.0. The minimum Gasteiger partial charge on any atom is -0.369 e. The third kappa shape index (κ3) is 3.34. The summed E-state index contributed by atoms with van der Waals surface area (Å²) in [6, 6.07) is 1.20. The summed E-state index contributed by atoms with van der Waals surface area (Å²) in [4.78, 5) is 43.1. The van der Waals surface area contributed by atoms with Gasteiger partial charge in [0.15, 0.2) is 0 Å². The van der Waals surface area contributed by atoms with Gasteiger partial charge in [0.1, 0.15) is 5.60 Å². The molecular formula is C11H15N2O6P. The molecule has 1 aromatic heterocycles. The van der Waals surface area contributed by atoms with Gasteiger partial charge in [-0.2, -0.15) is 0 Å². The van der Waals surface area contributed by atoms with E-state index in [1.807, 2.05) is 0 Å². The third-order valence-electron chi connectivity index (χ3n) is 3.02. The van der Waals surface area contributed by atoms with Crippen LogP contribution in [0.3, 0.4) is 0 Å². The van der Waals surface area contributed by atoms with E-state index in [0.717, 1.165) is 0 Å². The summed E-state index contributed by atoms with van der Waals surface area (Å²) in [7, 11) is -4.31. The second-order valence-corrected chi connectivity index (χ2v) is 6.49. The predicted octanol–water partition coefficient (Wildman–Crippen LogP) is -0.223. The predicted molar refractivity (Wildman–Crippen MR) is 70.4 cm³/mol. The normalized spacial score (nSPS) is 23.4. The summed E-state index contributed by atoms with van der Waals surface area (Å²) in [6.45, 7) is 1.83. The van der Waals surface area contributed by atoms with Crippen molar-refractivity contribution >= 4 is 7.60 Å². The number of aromatic nitrogens is 2. The third-order valence-corrected chi connectivity index (χ3v) is 4.12. The first-order valence-electron chi connectivity index (χ1n) is 5.91. The zero-order valence-electron chi connectivity index (χ0n) is 10.8. The molecule has 8 nitrogen and oxygen atoms in total. The van der Waals surface area contributed by atoms with Crippen LogP contribution >= 0.6 is 7.60 Å². The van der Waals surface area contributed by atoms with Gasteiger partial charge in [-0.15, -0.1) is 0 Å². The molecular weight excluding hydrogens is 287 g/mol. The molecule has 9 heteroatoms. The van der Waals surface area contributed by atoms with E-state index in [9.17, 15) is 23.9 Å². The Hall–Kier alpha value is -1.47. The number of rotatable bonds is 3. The van der Waals surface area contributed by atoms with Crippen molar-refractivity contribution in [2.75, 3.05) is 6.61 Å². The summed E-state index contributed by atoms with van der Waals surface area (Å²) in [5.74, 6) is 0. The van der Waals surface area contributed by atoms with E-state index in [1.165, 1.54) is 22.9 Å². The molecule has 1 aliphatic heterocycles. The molecule has 1 unspecified atom stereocenters. The van der Waals surface area contributed by atoms with Crippen molar-refractivity contribution in [2.24, 2.45) is 0 Å². The van der Waals surface area contributed by atoms with Gasteiger partial charge >= 0.3 is 13.3 Å². The highest BCUT2D eigenvalue weighted by Gasteiger charge is 2.33. The van der Waals surface area contributed by atoms with Crippen LogP contribution in [0.15, 0.2) is 33.2 Å². The van der Waals surface area contributed by atoms with Crippen molar-refractivity contribution in [2.45, 2.75) is 25.5 Å². The fraction of sp³-hybridized carbons (Fsp3) is 0.455. The molecule has 1 atom stereocenters. The molecule has 1 aliphatic rings. The first kappa shape index (κ1) is 14.9. The first-order chi connectivity index (χ1) is 9.20. The average Bonchev–Trinajstić information content (AvgIpc) is 2.32. The van der Waals surface area contributed by atoms with Crippen LogP contribution in [0, 0.1) is 0 Å². The maximum Gasteiger partial charge on any atom is 0.352 e. The standard InChI is InChI=1S/C11H15N2O6P/c1-11(6-8(3-5-19-11)20(16,17)18)7-13-4-2-9(14)12-10(13)15/h2,4,6H,3,5,7H2,1H3,(H,12,14,15)(H2,16,17,18). The molecule has 0 spiro atoms. The molecule has 0 bridgehead atoms. The number of aromatic amines is 1. The highest BCUT2D eigenvalue weighted by Crippen LogP contribution is 2.49. The van der Waals surface area contributed by atoms with Crippen molar-refractivity contribution in [1.82, 2.24) is 9.55 Å². The smallest absolute Gasteiger partial charge is 0.352 e. The quantitative estimate of drug-likeness (QED) is 0.663. The molecule has 2 rings (SSSR count).